The Morgan fingerprint density at radius 2 is 1.77 bits per heavy atom. The van der Waals surface area contributed by atoms with Gasteiger partial charge < -0.3 is 4.90 Å². The number of carbonyl (C=O) groups is 1. The summed E-state index contributed by atoms with van der Waals surface area (Å²) < 4.78 is 27.4. The number of halogens is 1. The van der Waals surface area contributed by atoms with Gasteiger partial charge >= 0.3 is 0 Å². The van der Waals surface area contributed by atoms with Gasteiger partial charge in [0, 0.05) is 30.7 Å². The van der Waals surface area contributed by atoms with Crippen LogP contribution in [0.15, 0.2) is 53.4 Å². The van der Waals surface area contributed by atoms with Gasteiger partial charge in [-0.2, -0.15) is 0 Å². The normalized spacial score (nSPS) is 11.3. The molecule has 0 bridgehead atoms. The fourth-order valence-electron chi connectivity index (χ4n) is 2.39. The number of nitrogens with one attached hydrogen (secondary N) is 1. The van der Waals surface area contributed by atoms with E-state index in [1.54, 1.807) is 36.2 Å². The van der Waals surface area contributed by atoms with Crippen molar-refractivity contribution < 1.29 is 13.2 Å². The first-order valence-corrected chi connectivity index (χ1v) is 10.3. The lowest BCUT2D eigenvalue weighted by atomic mass is 10.2. The first-order chi connectivity index (χ1) is 12.3. The summed E-state index contributed by atoms with van der Waals surface area (Å²) in [4.78, 5) is 14.1. The summed E-state index contributed by atoms with van der Waals surface area (Å²) in [5.41, 5.74) is 1.16. The lowest BCUT2D eigenvalue weighted by Crippen LogP contribution is -2.28. The van der Waals surface area contributed by atoms with Crippen LogP contribution in [0.1, 0.15) is 35.7 Å². The van der Waals surface area contributed by atoms with E-state index in [1.807, 2.05) is 0 Å². The van der Waals surface area contributed by atoms with Gasteiger partial charge in [-0.15, -0.1) is 0 Å². The van der Waals surface area contributed by atoms with E-state index in [9.17, 15) is 13.2 Å². The molecule has 0 saturated carbocycles. The highest BCUT2D eigenvalue weighted by molar-refractivity contribution is 7.89. The van der Waals surface area contributed by atoms with Crippen molar-refractivity contribution in [1.29, 1.82) is 0 Å². The average molecular weight is 395 g/mol. The Labute approximate surface area is 160 Å². The summed E-state index contributed by atoms with van der Waals surface area (Å²) in [5.74, 6) is -0.119. The molecule has 5 nitrogen and oxygen atoms in total. The van der Waals surface area contributed by atoms with Crippen LogP contribution in [0.4, 0.5) is 0 Å². The Morgan fingerprint density at radius 3 is 2.38 bits per heavy atom. The largest absolute Gasteiger partial charge is 0.342 e. The number of carbonyl (C=O) groups excluding carboxylic acids is 1. The van der Waals surface area contributed by atoms with Crippen LogP contribution in [-0.2, 0) is 16.6 Å². The van der Waals surface area contributed by atoms with E-state index in [4.69, 9.17) is 11.6 Å². The van der Waals surface area contributed by atoms with Gasteiger partial charge in [0.1, 0.15) is 0 Å². The zero-order chi connectivity index (χ0) is 19.2. The van der Waals surface area contributed by atoms with Gasteiger partial charge in [0.15, 0.2) is 0 Å². The minimum atomic E-state index is -3.69. The molecule has 0 aliphatic heterocycles. The molecule has 0 unspecified atom stereocenters. The predicted octanol–water partition coefficient (Wildman–Crippen LogP) is 3.69. The summed E-state index contributed by atoms with van der Waals surface area (Å²) in [7, 11) is -1.94. The van der Waals surface area contributed by atoms with Gasteiger partial charge in [-0.05, 0) is 42.3 Å². The van der Waals surface area contributed by atoms with Crippen LogP contribution in [0.25, 0.3) is 0 Å². The van der Waals surface area contributed by atoms with Crippen LogP contribution in [0, 0.1) is 0 Å². The van der Waals surface area contributed by atoms with E-state index in [0.29, 0.717) is 22.7 Å². The molecule has 0 heterocycles. The molecule has 0 spiro atoms. The summed E-state index contributed by atoms with van der Waals surface area (Å²) >= 11 is 6.04. The number of nitrogens with zero attached hydrogens (tertiary/aromatic N) is 1. The van der Waals surface area contributed by atoms with Crippen LogP contribution >= 0.6 is 11.6 Å². The van der Waals surface area contributed by atoms with Gasteiger partial charge in [-0.3, -0.25) is 4.79 Å². The highest BCUT2D eigenvalue weighted by atomic mass is 35.5. The molecule has 7 heteroatoms. The standard InChI is InChI=1S/C19H23ClN2O3S/c1-3-4-13-22(2)19(23)15-9-11-17(12-10-15)26(24,25)21-14-16-7-5-6-8-18(16)20/h5-12,21H,3-4,13-14H2,1-2H3. The molecule has 0 saturated heterocycles. The predicted molar refractivity (Wildman–Crippen MR) is 104 cm³/mol. The molecule has 0 aromatic heterocycles. The fraction of sp³-hybridized carbons (Fsp3) is 0.316. The Kier molecular flexibility index (Phi) is 7.20. The summed E-state index contributed by atoms with van der Waals surface area (Å²) in [6.45, 7) is 2.84. The van der Waals surface area contributed by atoms with Crippen LogP contribution in [0.3, 0.4) is 0 Å². The molecule has 2 aromatic carbocycles. The first kappa shape index (κ1) is 20.4. The summed E-state index contributed by atoms with van der Waals surface area (Å²) in [6, 6.07) is 13.0. The van der Waals surface area contributed by atoms with Crippen LogP contribution in [0.5, 0.6) is 0 Å². The maximum absolute atomic E-state index is 12.4. The van der Waals surface area contributed by atoms with Crippen LogP contribution < -0.4 is 4.72 Å². The van der Waals surface area contributed by atoms with Gasteiger partial charge in [-0.25, -0.2) is 13.1 Å². The lowest BCUT2D eigenvalue weighted by Gasteiger charge is -2.17. The van der Waals surface area contributed by atoms with Crippen molar-refractivity contribution in [2.45, 2.75) is 31.2 Å². The molecule has 0 fully saturated rings. The number of benzene rings is 2. The molecule has 2 rings (SSSR count). The second kappa shape index (κ2) is 9.16. The Hall–Kier alpha value is -1.89. The van der Waals surface area contributed by atoms with Crippen molar-refractivity contribution in [3.05, 3.63) is 64.7 Å². The van der Waals surface area contributed by atoms with Crippen molar-refractivity contribution in [3.8, 4) is 0 Å². The zero-order valence-electron chi connectivity index (χ0n) is 14.9. The average Bonchev–Trinajstić information content (AvgIpc) is 2.65. The molecule has 0 aliphatic carbocycles. The third kappa shape index (κ3) is 5.30. The number of hydrogen-bond acceptors (Lipinski definition) is 3. The Balaban J connectivity index is 2.06. The number of rotatable bonds is 8. The number of amides is 1. The fourth-order valence-corrected chi connectivity index (χ4v) is 3.60. The molecule has 2 aromatic rings. The van der Waals surface area contributed by atoms with Crippen LogP contribution in [0.2, 0.25) is 5.02 Å². The smallest absolute Gasteiger partial charge is 0.253 e. The van der Waals surface area contributed by atoms with E-state index in [-0.39, 0.29) is 17.3 Å². The van der Waals surface area contributed by atoms with E-state index in [1.165, 1.54) is 24.3 Å². The van der Waals surface area contributed by atoms with Gasteiger partial charge in [0.25, 0.3) is 5.91 Å². The zero-order valence-corrected chi connectivity index (χ0v) is 16.5. The van der Waals surface area contributed by atoms with E-state index in [0.717, 1.165) is 12.8 Å². The second-order valence-corrected chi connectivity index (χ2v) is 8.19. The van der Waals surface area contributed by atoms with Gasteiger partial charge in [-0.1, -0.05) is 43.1 Å². The van der Waals surface area contributed by atoms with Gasteiger partial charge in [0.05, 0.1) is 4.90 Å². The lowest BCUT2D eigenvalue weighted by molar-refractivity contribution is 0.0793. The highest BCUT2D eigenvalue weighted by Crippen LogP contribution is 2.17. The molecule has 0 aliphatic rings. The SMILES string of the molecule is CCCCN(C)C(=O)c1ccc(S(=O)(=O)NCc2ccccc2Cl)cc1. The third-order valence-corrected chi connectivity index (χ3v) is 5.80. The molecule has 1 N–H and O–H groups in total. The second-order valence-electron chi connectivity index (χ2n) is 6.02. The summed E-state index contributed by atoms with van der Waals surface area (Å²) in [5, 5.41) is 0.506. The van der Waals surface area contributed by atoms with E-state index in [2.05, 4.69) is 11.6 Å². The van der Waals surface area contributed by atoms with Crippen molar-refractivity contribution in [2.24, 2.45) is 0 Å². The molecule has 1 amide bonds. The van der Waals surface area contributed by atoms with E-state index < -0.39 is 10.0 Å². The van der Waals surface area contributed by atoms with E-state index >= 15 is 0 Å². The number of unbranched alkanes of at least 4 members (excludes halogenated alkanes) is 1. The maximum atomic E-state index is 12.4. The molecule has 140 valence electrons. The minimum Gasteiger partial charge on any atom is -0.342 e. The highest BCUT2D eigenvalue weighted by Gasteiger charge is 2.16. The monoisotopic (exact) mass is 394 g/mol. The van der Waals surface area contributed by atoms with Crippen molar-refractivity contribution in [2.75, 3.05) is 13.6 Å². The molecule has 0 atom stereocenters. The van der Waals surface area contributed by atoms with Crippen molar-refractivity contribution >= 4 is 27.5 Å². The van der Waals surface area contributed by atoms with Crippen LogP contribution in [-0.4, -0.2) is 32.8 Å². The molecular weight excluding hydrogens is 372 g/mol. The molecule has 0 radical (unpaired) electrons. The van der Waals surface area contributed by atoms with Gasteiger partial charge in [0.2, 0.25) is 10.0 Å². The number of hydrogen-bond donors (Lipinski definition) is 1. The topological polar surface area (TPSA) is 66.5 Å². The molecule has 26 heavy (non-hydrogen) atoms. The third-order valence-electron chi connectivity index (χ3n) is 4.02. The molecular formula is C19H23ClN2O3S. The minimum absolute atomic E-state index is 0.0996. The van der Waals surface area contributed by atoms with Crippen molar-refractivity contribution in [3.63, 3.8) is 0 Å². The quantitative estimate of drug-likeness (QED) is 0.742. The number of sulfonamides is 1. The summed E-state index contributed by atoms with van der Waals surface area (Å²) in [6.07, 6.45) is 1.94. The maximum Gasteiger partial charge on any atom is 0.253 e. The Morgan fingerprint density at radius 1 is 1.12 bits per heavy atom. The van der Waals surface area contributed by atoms with Crippen molar-refractivity contribution in [1.82, 2.24) is 9.62 Å². The Bertz CT molecular complexity index is 851. The first-order valence-electron chi connectivity index (χ1n) is 8.43.